The summed E-state index contributed by atoms with van der Waals surface area (Å²) in [6, 6.07) is 0.574. The molecule has 4 heteroatoms. The van der Waals surface area contributed by atoms with Gasteiger partial charge < -0.3 is 0 Å². The van der Waals surface area contributed by atoms with Crippen molar-refractivity contribution in [3.63, 3.8) is 0 Å². The zero-order valence-corrected chi connectivity index (χ0v) is 10.8. The van der Waals surface area contributed by atoms with Crippen LogP contribution in [0, 0.1) is 15.7 Å². The van der Waals surface area contributed by atoms with Crippen molar-refractivity contribution in [1.82, 2.24) is 14.8 Å². The molecule has 1 aromatic rings. The fourth-order valence-electron chi connectivity index (χ4n) is 2.55. The number of hydrogen-bond acceptors (Lipinski definition) is 2. The van der Waals surface area contributed by atoms with E-state index in [4.69, 9.17) is 0 Å². The molecule has 0 aromatic carbocycles. The van der Waals surface area contributed by atoms with Crippen molar-refractivity contribution in [1.29, 1.82) is 0 Å². The first-order valence-corrected chi connectivity index (χ1v) is 6.29. The van der Waals surface area contributed by atoms with Gasteiger partial charge in [0, 0.05) is 22.6 Å². The van der Waals surface area contributed by atoms with Gasteiger partial charge in [-0.25, -0.2) is 9.67 Å². The highest BCUT2D eigenvalue weighted by atomic mass is 127. The van der Waals surface area contributed by atoms with Crippen LogP contribution in [0.3, 0.4) is 0 Å². The Morgan fingerprint density at radius 3 is 2.43 bits per heavy atom. The largest absolute Gasteiger partial charge is 0.249 e. The van der Waals surface area contributed by atoms with Crippen LogP contribution in [-0.4, -0.2) is 14.8 Å². The predicted molar refractivity (Wildman–Crippen MR) is 64.0 cm³/mol. The van der Waals surface area contributed by atoms with E-state index < -0.39 is 0 Å². The Kier molecular flexibility index (Phi) is 3.09. The Balaban J connectivity index is 2.10. The molecular weight excluding hydrogens is 289 g/mol. The number of nitrogens with zero attached hydrogens (tertiary/aromatic N) is 3. The van der Waals surface area contributed by atoms with Crippen LogP contribution in [0.4, 0.5) is 0 Å². The van der Waals surface area contributed by atoms with E-state index in [9.17, 15) is 0 Å². The average molecular weight is 305 g/mol. The van der Waals surface area contributed by atoms with Crippen LogP contribution < -0.4 is 0 Å². The molecule has 78 valence electrons. The molecule has 2 atom stereocenters. The minimum Gasteiger partial charge on any atom is -0.249 e. The summed E-state index contributed by atoms with van der Waals surface area (Å²) in [5, 5.41) is 4.40. The first kappa shape index (κ1) is 10.4. The zero-order valence-electron chi connectivity index (χ0n) is 8.65. The SMILES string of the molecule is CC1CC(C)CC(n2cnc(I)n2)C1. The molecule has 1 heterocycles. The molecule has 0 spiro atoms. The number of rotatable bonds is 1. The van der Waals surface area contributed by atoms with Crippen molar-refractivity contribution in [2.75, 3.05) is 0 Å². The summed E-state index contributed by atoms with van der Waals surface area (Å²) in [5.74, 6) is 1.65. The minimum atomic E-state index is 0.574. The maximum absolute atomic E-state index is 4.40. The molecule has 1 fully saturated rings. The van der Waals surface area contributed by atoms with Crippen molar-refractivity contribution < 1.29 is 0 Å². The van der Waals surface area contributed by atoms with Crippen LogP contribution in [-0.2, 0) is 0 Å². The van der Waals surface area contributed by atoms with Gasteiger partial charge in [-0.15, -0.1) is 5.10 Å². The topological polar surface area (TPSA) is 30.7 Å². The molecular formula is C10H16IN3. The fourth-order valence-corrected chi connectivity index (χ4v) is 2.92. The van der Waals surface area contributed by atoms with Crippen molar-refractivity contribution >= 4 is 22.6 Å². The van der Waals surface area contributed by atoms with E-state index in [1.165, 1.54) is 19.3 Å². The van der Waals surface area contributed by atoms with Gasteiger partial charge in [-0.3, -0.25) is 0 Å². The molecule has 0 N–H and O–H groups in total. The molecule has 1 aromatic heterocycles. The van der Waals surface area contributed by atoms with E-state index in [0.29, 0.717) is 6.04 Å². The Hall–Kier alpha value is -0.130. The van der Waals surface area contributed by atoms with E-state index in [2.05, 4.69) is 46.5 Å². The summed E-state index contributed by atoms with van der Waals surface area (Å²) < 4.78 is 2.90. The molecule has 0 amide bonds. The molecule has 1 aliphatic rings. The number of halogens is 1. The standard InChI is InChI=1S/C10H16IN3/c1-7-3-8(2)5-9(4-7)14-6-12-10(11)13-14/h6-9H,3-5H2,1-2H3. The molecule has 0 aliphatic heterocycles. The average Bonchev–Trinajstić information content (AvgIpc) is 2.50. The summed E-state index contributed by atoms with van der Waals surface area (Å²) in [7, 11) is 0. The molecule has 2 rings (SSSR count). The molecule has 0 saturated heterocycles. The summed E-state index contributed by atoms with van der Waals surface area (Å²) in [6.45, 7) is 4.68. The Labute approximate surface area is 98.4 Å². The van der Waals surface area contributed by atoms with Gasteiger partial charge in [0.2, 0.25) is 3.83 Å². The Bertz CT molecular complexity index is 300. The summed E-state index contributed by atoms with van der Waals surface area (Å²) >= 11 is 2.16. The van der Waals surface area contributed by atoms with Gasteiger partial charge in [0.1, 0.15) is 6.33 Å². The van der Waals surface area contributed by atoms with Gasteiger partial charge in [-0.05, 0) is 31.1 Å². The second kappa shape index (κ2) is 4.16. The van der Waals surface area contributed by atoms with Gasteiger partial charge in [0.05, 0.1) is 6.04 Å². The quantitative estimate of drug-likeness (QED) is 0.747. The third-order valence-corrected chi connectivity index (χ3v) is 3.50. The highest BCUT2D eigenvalue weighted by molar-refractivity contribution is 14.1. The molecule has 14 heavy (non-hydrogen) atoms. The summed E-state index contributed by atoms with van der Waals surface area (Å²) in [4.78, 5) is 4.18. The van der Waals surface area contributed by atoms with Crippen LogP contribution in [0.5, 0.6) is 0 Å². The van der Waals surface area contributed by atoms with Crippen molar-refractivity contribution in [3.8, 4) is 0 Å². The highest BCUT2D eigenvalue weighted by Gasteiger charge is 2.25. The lowest BCUT2D eigenvalue weighted by molar-refractivity contribution is 0.209. The van der Waals surface area contributed by atoms with Crippen molar-refractivity contribution in [3.05, 3.63) is 10.2 Å². The van der Waals surface area contributed by atoms with Crippen LogP contribution in [0.1, 0.15) is 39.2 Å². The normalized spacial score (nSPS) is 33.2. The fraction of sp³-hybridized carbons (Fsp3) is 0.800. The van der Waals surface area contributed by atoms with E-state index in [-0.39, 0.29) is 0 Å². The molecule has 1 aliphatic carbocycles. The van der Waals surface area contributed by atoms with Gasteiger partial charge >= 0.3 is 0 Å². The molecule has 3 nitrogen and oxygen atoms in total. The summed E-state index contributed by atoms with van der Waals surface area (Å²) in [5.41, 5.74) is 0. The zero-order chi connectivity index (χ0) is 10.1. The van der Waals surface area contributed by atoms with Gasteiger partial charge in [-0.1, -0.05) is 13.8 Å². The Morgan fingerprint density at radius 2 is 1.93 bits per heavy atom. The third-order valence-electron chi connectivity index (χ3n) is 3.01. The lowest BCUT2D eigenvalue weighted by Crippen LogP contribution is -2.23. The van der Waals surface area contributed by atoms with Crippen LogP contribution in [0.2, 0.25) is 0 Å². The van der Waals surface area contributed by atoms with Crippen LogP contribution in [0.25, 0.3) is 0 Å². The van der Waals surface area contributed by atoms with E-state index in [1.807, 2.05) is 11.0 Å². The van der Waals surface area contributed by atoms with Gasteiger partial charge in [-0.2, -0.15) is 0 Å². The maximum Gasteiger partial charge on any atom is 0.211 e. The second-order valence-electron chi connectivity index (χ2n) is 4.56. The van der Waals surface area contributed by atoms with Crippen LogP contribution >= 0.6 is 22.6 Å². The number of aromatic nitrogens is 3. The molecule has 1 saturated carbocycles. The van der Waals surface area contributed by atoms with Crippen molar-refractivity contribution in [2.45, 2.75) is 39.2 Å². The maximum atomic E-state index is 4.40. The smallest absolute Gasteiger partial charge is 0.211 e. The predicted octanol–water partition coefficient (Wildman–Crippen LogP) is 2.88. The van der Waals surface area contributed by atoms with E-state index in [0.717, 1.165) is 15.7 Å². The van der Waals surface area contributed by atoms with E-state index in [1.54, 1.807) is 0 Å². The first-order chi connectivity index (χ1) is 6.65. The minimum absolute atomic E-state index is 0.574. The van der Waals surface area contributed by atoms with Crippen molar-refractivity contribution in [2.24, 2.45) is 11.8 Å². The molecule has 0 radical (unpaired) electrons. The monoisotopic (exact) mass is 305 g/mol. The highest BCUT2D eigenvalue weighted by Crippen LogP contribution is 2.35. The number of hydrogen-bond donors (Lipinski definition) is 0. The third kappa shape index (κ3) is 2.27. The lowest BCUT2D eigenvalue weighted by atomic mass is 9.80. The van der Waals surface area contributed by atoms with Gasteiger partial charge in [0.15, 0.2) is 0 Å². The first-order valence-electron chi connectivity index (χ1n) is 5.21. The van der Waals surface area contributed by atoms with Crippen LogP contribution in [0.15, 0.2) is 6.33 Å². The summed E-state index contributed by atoms with van der Waals surface area (Å²) in [6.07, 6.45) is 5.74. The Morgan fingerprint density at radius 1 is 1.29 bits per heavy atom. The molecule has 0 bridgehead atoms. The second-order valence-corrected chi connectivity index (χ2v) is 5.53. The van der Waals surface area contributed by atoms with Gasteiger partial charge in [0.25, 0.3) is 0 Å². The van der Waals surface area contributed by atoms with E-state index >= 15 is 0 Å². The lowest BCUT2D eigenvalue weighted by Gasteiger charge is -2.31. The molecule has 2 unspecified atom stereocenters.